The van der Waals surface area contributed by atoms with Crippen molar-refractivity contribution in [3.8, 4) is 0 Å². The third-order valence-corrected chi connectivity index (χ3v) is 2.29. The molecule has 0 aromatic heterocycles. The Balaban J connectivity index is 1.35. The minimum Gasteiger partial charge on any atom is -0.376 e. The van der Waals surface area contributed by atoms with E-state index in [2.05, 4.69) is 5.32 Å². The Labute approximate surface area is 73.4 Å². The lowest BCUT2D eigenvalue weighted by molar-refractivity contribution is -0.129. The van der Waals surface area contributed by atoms with Crippen molar-refractivity contribution >= 4 is 0 Å². The van der Waals surface area contributed by atoms with E-state index in [0.29, 0.717) is 6.10 Å². The van der Waals surface area contributed by atoms with E-state index >= 15 is 0 Å². The molecule has 2 rings (SSSR count). The zero-order valence-electron chi connectivity index (χ0n) is 7.42. The summed E-state index contributed by atoms with van der Waals surface area (Å²) in [4.78, 5) is 0. The lowest BCUT2D eigenvalue weighted by atomic mass is 10.3. The topological polar surface area (TPSA) is 30.5 Å². The Hall–Kier alpha value is -0.120. The van der Waals surface area contributed by atoms with Gasteiger partial charge in [0.1, 0.15) is 6.10 Å². The normalized spacial score (nSPS) is 24.0. The number of hydrogen-bond acceptors (Lipinski definition) is 3. The summed E-state index contributed by atoms with van der Waals surface area (Å²) in [5.41, 5.74) is 0. The summed E-state index contributed by atoms with van der Waals surface area (Å²) in [6.07, 6.45) is 4.27. The number of hydrogen-bond donors (Lipinski definition) is 1. The van der Waals surface area contributed by atoms with Crippen LogP contribution in [0.2, 0.25) is 0 Å². The Morgan fingerprint density at radius 1 is 1.33 bits per heavy atom. The zero-order valence-corrected chi connectivity index (χ0v) is 7.42. The van der Waals surface area contributed by atoms with Crippen molar-refractivity contribution in [2.75, 3.05) is 26.4 Å². The second-order valence-corrected chi connectivity index (χ2v) is 3.61. The fraction of sp³-hybridized carbons (Fsp3) is 1.00. The summed E-state index contributed by atoms with van der Waals surface area (Å²) >= 11 is 0. The fourth-order valence-electron chi connectivity index (χ4n) is 1.23. The highest BCUT2D eigenvalue weighted by Gasteiger charge is 2.20. The lowest BCUT2D eigenvalue weighted by Gasteiger charge is -2.25. The van der Waals surface area contributed by atoms with Crippen LogP contribution in [0.4, 0.5) is 0 Å². The van der Waals surface area contributed by atoms with Gasteiger partial charge in [0, 0.05) is 12.6 Å². The molecule has 1 aliphatic carbocycles. The summed E-state index contributed by atoms with van der Waals surface area (Å²) in [7, 11) is 0. The first-order valence-electron chi connectivity index (χ1n) is 4.88. The molecule has 1 saturated heterocycles. The molecular formula is C9H17NO2. The molecule has 1 N–H and O–H groups in total. The Morgan fingerprint density at radius 2 is 2.17 bits per heavy atom. The van der Waals surface area contributed by atoms with Crippen LogP contribution in [0.3, 0.4) is 0 Å². The van der Waals surface area contributed by atoms with Gasteiger partial charge in [-0.25, -0.2) is 0 Å². The number of nitrogens with one attached hydrogen (secondary N) is 1. The molecule has 0 atom stereocenters. The summed E-state index contributed by atoms with van der Waals surface area (Å²) in [5, 5.41) is 3.46. The predicted molar refractivity (Wildman–Crippen MR) is 46.2 cm³/mol. The first kappa shape index (κ1) is 8.48. The summed E-state index contributed by atoms with van der Waals surface area (Å²) in [6, 6.07) is 0.831. The quantitative estimate of drug-likeness (QED) is 0.592. The van der Waals surface area contributed by atoms with Gasteiger partial charge in [0.05, 0.1) is 13.2 Å². The molecule has 3 heteroatoms. The molecular weight excluding hydrogens is 154 g/mol. The van der Waals surface area contributed by atoms with Crippen molar-refractivity contribution in [3.63, 3.8) is 0 Å². The molecule has 1 aliphatic heterocycles. The molecule has 2 aliphatic rings. The Bertz CT molecular complexity index is 132. The molecule has 70 valence electrons. The van der Waals surface area contributed by atoms with Crippen LogP contribution in [0.25, 0.3) is 0 Å². The summed E-state index contributed by atoms with van der Waals surface area (Å²) < 4.78 is 10.5. The molecule has 0 unspecified atom stereocenters. The van der Waals surface area contributed by atoms with E-state index in [9.17, 15) is 0 Å². The third-order valence-electron chi connectivity index (χ3n) is 2.29. The van der Waals surface area contributed by atoms with E-state index in [4.69, 9.17) is 9.47 Å². The molecule has 0 spiro atoms. The van der Waals surface area contributed by atoms with Gasteiger partial charge in [-0.3, -0.25) is 0 Å². The van der Waals surface area contributed by atoms with Gasteiger partial charge >= 0.3 is 0 Å². The van der Waals surface area contributed by atoms with Gasteiger partial charge in [-0.15, -0.1) is 0 Å². The first-order chi connectivity index (χ1) is 5.95. The molecule has 2 fully saturated rings. The second kappa shape index (κ2) is 4.21. The predicted octanol–water partition coefficient (Wildman–Crippen LogP) is 0.544. The van der Waals surface area contributed by atoms with E-state index in [0.717, 1.165) is 38.8 Å². The maximum absolute atomic E-state index is 5.52. The maximum atomic E-state index is 5.52. The van der Waals surface area contributed by atoms with E-state index in [1.54, 1.807) is 0 Å². The largest absolute Gasteiger partial charge is 0.376 e. The number of ether oxygens (including phenoxy) is 2. The SMILES string of the molecule is C(CNC1CC1)COC1COC1. The highest BCUT2D eigenvalue weighted by Crippen LogP contribution is 2.18. The highest BCUT2D eigenvalue weighted by molar-refractivity contribution is 4.80. The van der Waals surface area contributed by atoms with Crippen molar-refractivity contribution in [2.45, 2.75) is 31.4 Å². The van der Waals surface area contributed by atoms with E-state index in [1.807, 2.05) is 0 Å². The molecule has 12 heavy (non-hydrogen) atoms. The second-order valence-electron chi connectivity index (χ2n) is 3.61. The van der Waals surface area contributed by atoms with E-state index in [1.165, 1.54) is 12.8 Å². The smallest absolute Gasteiger partial charge is 0.104 e. The average molecular weight is 171 g/mol. The van der Waals surface area contributed by atoms with Crippen LogP contribution in [0.5, 0.6) is 0 Å². The van der Waals surface area contributed by atoms with Crippen LogP contribution < -0.4 is 5.32 Å². The van der Waals surface area contributed by atoms with E-state index in [-0.39, 0.29) is 0 Å². The van der Waals surface area contributed by atoms with Gasteiger partial charge in [-0.2, -0.15) is 0 Å². The summed E-state index contributed by atoms with van der Waals surface area (Å²) in [5.74, 6) is 0. The van der Waals surface area contributed by atoms with Gasteiger partial charge in [0.2, 0.25) is 0 Å². The van der Waals surface area contributed by atoms with E-state index < -0.39 is 0 Å². The summed E-state index contributed by atoms with van der Waals surface area (Å²) in [6.45, 7) is 3.60. The van der Waals surface area contributed by atoms with Crippen molar-refractivity contribution in [3.05, 3.63) is 0 Å². The van der Waals surface area contributed by atoms with Crippen LogP contribution in [0.15, 0.2) is 0 Å². The van der Waals surface area contributed by atoms with Gasteiger partial charge in [0.15, 0.2) is 0 Å². The number of rotatable bonds is 6. The van der Waals surface area contributed by atoms with Crippen molar-refractivity contribution in [2.24, 2.45) is 0 Å². The first-order valence-corrected chi connectivity index (χ1v) is 4.88. The molecule has 0 radical (unpaired) electrons. The maximum Gasteiger partial charge on any atom is 0.104 e. The van der Waals surface area contributed by atoms with Crippen LogP contribution in [-0.2, 0) is 9.47 Å². The van der Waals surface area contributed by atoms with Gasteiger partial charge in [0.25, 0.3) is 0 Å². The van der Waals surface area contributed by atoms with Crippen LogP contribution in [0.1, 0.15) is 19.3 Å². The minimum atomic E-state index is 0.394. The third kappa shape index (κ3) is 2.73. The van der Waals surface area contributed by atoms with Crippen LogP contribution in [0, 0.1) is 0 Å². The molecule has 0 aromatic rings. The highest BCUT2D eigenvalue weighted by atomic mass is 16.6. The molecule has 1 saturated carbocycles. The molecule has 0 amide bonds. The standard InChI is InChI=1S/C9H17NO2/c1(4-10-8-2-3-8)5-12-9-6-11-7-9/h8-10H,1-7H2. The van der Waals surface area contributed by atoms with Gasteiger partial charge < -0.3 is 14.8 Å². The molecule has 3 nitrogen and oxygen atoms in total. The zero-order chi connectivity index (χ0) is 8.23. The van der Waals surface area contributed by atoms with Crippen molar-refractivity contribution in [1.82, 2.24) is 5.32 Å². The van der Waals surface area contributed by atoms with Gasteiger partial charge in [-0.05, 0) is 25.8 Å². The monoisotopic (exact) mass is 171 g/mol. The lowest BCUT2D eigenvalue weighted by Crippen LogP contribution is -2.36. The Morgan fingerprint density at radius 3 is 2.75 bits per heavy atom. The van der Waals surface area contributed by atoms with Crippen molar-refractivity contribution in [1.29, 1.82) is 0 Å². The van der Waals surface area contributed by atoms with Crippen LogP contribution in [-0.4, -0.2) is 38.5 Å². The molecule has 0 aromatic carbocycles. The van der Waals surface area contributed by atoms with Gasteiger partial charge in [-0.1, -0.05) is 0 Å². The molecule has 0 bridgehead atoms. The Kier molecular flexibility index (Phi) is 2.98. The van der Waals surface area contributed by atoms with Crippen LogP contribution >= 0.6 is 0 Å². The van der Waals surface area contributed by atoms with Crippen molar-refractivity contribution < 1.29 is 9.47 Å². The molecule has 1 heterocycles. The minimum absolute atomic E-state index is 0.394. The fourth-order valence-corrected chi connectivity index (χ4v) is 1.23. The average Bonchev–Trinajstić information content (AvgIpc) is 2.76.